The van der Waals surface area contributed by atoms with Crippen LogP contribution in [-0.4, -0.2) is 44.9 Å². The molecule has 0 aromatic carbocycles. The molecular formula is C13H13F3N3O5S+. The Bertz CT molecular complexity index is 718. The summed E-state index contributed by atoms with van der Waals surface area (Å²) in [4.78, 5) is 20.3. The zero-order valence-electron chi connectivity index (χ0n) is 12.7. The molecule has 0 aliphatic carbocycles. The number of aliphatic carboxylic acids is 2. The molecule has 0 bridgehead atoms. The molecule has 25 heavy (non-hydrogen) atoms. The van der Waals surface area contributed by atoms with E-state index in [4.69, 9.17) is 19.7 Å². The van der Waals surface area contributed by atoms with E-state index in [9.17, 15) is 18.0 Å². The summed E-state index contributed by atoms with van der Waals surface area (Å²) < 4.78 is 42.4. The van der Waals surface area contributed by atoms with Crippen LogP contribution in [0, 0.1) is 0 Å². The number of halogens is 3. The first-order valence-electron chi connectivity index (χ1n) is 6.52. The maximum Gasteiger partial charge on any atom is 0.490 e. The zero-order valence-corrected chi connectivity index (χ0v) is 13.5. The lowest BCUT2D eigenvalue weighted by molar-refractivity contribution is -0.752. The van der Waals surface area contributed by atoms with Crippen molar-refractivity contribution in [2.24, 2.45) is 0 Å². The van der Waals surface area contributed by atoms with E-state index in [1.807, 2.05) is 12.1 Å². The first-order chi connectivity index (χ1) is 11.6. The van der Waals surface area contributed by atoms with E-state index in [0.29, 0.717) is 12.4 Å². The van der Waals surface area contributed by atoms with Crippen LogP contribution in [0.15, 0.2) is 24.5 Å². The summed E-state index contributed by atoms with van der Waals surface area (Å²) in [7, 11) is 1.57. The van der Waals surface area contributed by atoms with Gasteiger partial charge in [0, 0.05) is 17.7 Å². The van der Waals surface area contributed by atoms with Gasteiger partial charge in [-0.1, -0.05) is 4.68 Å². The molecule has 2 heterocycles. The number of aryl methyl sites for hydroxylation is 1. The SMILES string of the molecule is COc1cc(-c2cc[n+](CCC(=O)O)nc2)sn1.O=C(O)C(F)(F)F. The van der Waals surface area contributed by atoms with Gasteiger partial charge < -0.3 is 14.9 Å². The van der Waals surface area contributed by atoms with Crippen LogP contribution >= 0.6 is 11.5 Å². The van der Waals surface area contributed by atoms with E-state index in [1.165, 1.54) is 11.5 Å². The summed E-state index contributed by atoms with van der Waals surface area (Å²) in [5.74, 6) is -3.01. The van der Waals surface area contributed by atoms with Crippen molar-refractivity contribution in [2.75, 3.05) is 7.11 Å². The molecule has 0 saturated carbocycles. The van der Waals surface area contributed by atoms with E-state index in [2.05, 4.69) is 9.47 Å². The van der Waals surface area contributed by atoms with E-state index >= 15 is 0 Å². The second-order valence-corrected chi connectivity index (χ2v) is 5.16. The molecule has 136 valence electrons. The van der Waals surface area contributed by atoms with Crippen molar-refractivity contribution in [1.82, 2.24) is 9.47 Å². The maximum atomic E-state index is 10.6. The normalized spacial score (nSPS) is 10.6. The molecule has 2 aromatic rings. The predicted molar refractivity (Wildman–Crippen MR) is 78.0 cm³/mol. The highest BCUT2D eigenvalue weighted by Gasteiger charge is 2.38. The average molecular weight is 380 g/mol. The van der Waals surface area contributed by atoms with Crippen molar-refractivity contribution < 1.29 is 42.4 Å². The molecule has 0 amide bonds. The number of hydrogen-bond donors (Lipinski definition) is 2. The lowest BCUT2D eigenvalue weighted by atomic mass is 10.2. The number of carbonyl (C=O) groups is 2. The summed E-state index contributed by atoms with van der Waals surface area (Å²) in [6.45, 7) is 0.363. The largest absolute Gasteiger partial charge is 0.490 e. The molecule has 0 fully saturated rings. The number of nitrogens with zero attached hydrogens (tertiary/aromatic N) is 3. The predicted octanol–water partition coefficient (Wildman–Crippen LogP) is 1.61. The first kappa shape index (κ1) is 20.3. The average Bonchev–Trinajstić information content (AvgIpc) is 3.02. The third-order valence-electron chi connectivity index (χ3n) is 2.55. The molecule has 0 unspecified atom stereocenters. The molecule has 0 radical (unpaired) electrons. The standard InChI is InChI=1S/C11H11N3O3S.C2HF3O2/c1-17-10-6-9(18-13-10)8-2-4-14(12-7-8)5-3-11(15)16;3-2(4,5)1(6)7/h2,4,6-7H,3,5H2,1H3;(H,6,7)/p+1. The van der Waals surface area contributed by atoms with Crippen molar-refractivity contribution in [2.45, 2.75) is 19.1 Å². The Kier molecular flexibility index (Phi) is 7.23. The fourth-order valence-electron chi connectivity index (χ4n) is 1.36. The molecule has 0 aliphatic rings. The van der Waals surface area contributed by atoms with Gasteiger partial charge in [-0.3, -0.25) is 4.79 Å². The van der Waals surface area contributed by atoms with Gasteiger partial charge in [-0.15, -0.1) is 0 Å². The van der Waals surface area contributed by atoms with E-state index in [1.54, 1.807) is 24.2 Å². The first-order valence-corrected chi connectivity index (χ1v) is 7.29. The zero-order chi connectivity index (χ0) is 19.0. The highest BCUT2D eigenvalue weighted by atomic mass is 32.1. The van der Waals surface area contributed by atoms with Crippen LogP contribution in [0.4, 0.5) is 13.2 Å². The minimum atomic E-state index is -5.08. The van der Waals surface area contributed by atoms with Crippen molar-refractivity contribution in [3.8, 4) is 16.3 Å². The third kappa shape index (κ3) is 7.12. The topological polar surface area (TPSA) is 113 Å². The fourth-order valence-corrected chi connectivity index (χ4v) is 2.06. The third-order valence-corrected chi connectivity index (χ3v) is 3.37. The van der Waals surface area contributed by atoms with Crippen LogP contribution in [0.1, 0.15) is 6.42 Å². The van der Waals surface area contributed by atoms with Crippen molar-refractivity contribution in [1.29, 1.82) is 0 Å². The van der Waals surface area contributed by atoms with Crippen molar-refractivity contribution in [3.05, 3.63) is 24.5 Å². The van der Waals surface area contributed by atoms with Gasteiger partial charge in [0.25, 0.3) is 0 Å². The van der Waals surface area contributed by atoms with Crippen LogP contribution in [0.2, 0.25) is 0 Å². The van der Waals surface area contributed by atoms with Gasteiger partial charge >= 0.3 is 18.1 Å². The van der Waals surface area contributed by atoms with E-state index < -0.39 is 18.1 Å². The van der Waals surface area contributed by atoms with Gasteiger partial charge in [0.05, 0.1) is 12.0 Å². The minimum absolute atomic E-state index is 0.0609. The molecule has 2 rings (SSSR count). The van der Waals surface area contributed by atoms with Gasteiger partial charge in [0.1, 0.15) is 12.6 Å². The van der Waals surface area contributed by atoms with E-state index in [-0.39, 0.29) is 6.42 Å². The quantitative estimate of drug-likeness (QED) is 0.758. The Morgan fingerprint density at radius 2 is 2.00 bits per heavy atom. The highest BCUT2D eigenvalue weighted by molar-refractivity contribution is 7.09. The maximum absolute atomic E-state index is 10.6. The molecule has 0 saturated heterocycles. The van der Waals surface area contributed by atoms with Gasteiger partial charge in [0.15, 0.2) is 12.7 Å². The molecule has 8 nitrogen and oxygen atoms in total. The number of alkyl halides is 3. The second kappa shape index (κ2) is 8.92. The molecule has 2 N–H and O–H groups in total. The molecule has 2 aromatic heterocycles. The lowest BCUT2D eigenvalue weighted by Gasteiger charge is -1.94. The van der Waals surface area contributed by atoms with Gasteiger partial charge in [-0.2, -0.15) is 17.5 Å². The number of carboxylic acids is 2. The number of rotatable bonds is 5. The van der Waals surface area contributed by atoms with Crippen molar-refractivity contribution >= 4 is 23.5 Å². The van der Waals surface area contributed by atoms with Gasteiger partial charge in [0.2, 0.25) is 5.88 Å². The lowest BCUT2D eigenvalue weighted by Crippen LogP contribution is -2.38. The smallest absolute Gasteiger partial charge is 0.481 e. The van der Waals surface area contributed by atoms with Crippen LogP contribution in [0.3, 0.4) is 0 Å². The summed E-state index contributed by atoms with van der Waals surface area (Å²) in [5, 5.41) is 19.9. The monoisotopic (exact) mass is 380 g/mol. The summed E-state index contributed by atoms with van der Waals surface area (Å²) in [6.07, 6.45) is -1.58. The van der Waals surface area contributed by atoms with Crippen LogP contribution in [0.25, 0.3) is 10.4 Å². The Labute approximate surface area is 143 Å². The summed E-state index contributed by atoms with van der Waals surface area (Å²) in [5.41, 5.74) is 0.933. The number of hydrogen-bond acceptors (Lipinski definition) is 6. The highest BCUT2D eigenvalue weighted by Crippen LogP contribution is 2.26. The Balaban J connectivity index is 0.000000381. The fraction of sp³-hybridized carbons (Fsp3) is 0.308. The summed E-state index contributed by atoms with van der Waals surface area (Å²) >= 11 is 1.33. The molecular weight excluding hydrogens is 367 g/mol. The van der Waals surface area contributed by atoms with Gasteiger partial charge in [-0.05, 0) is 16.6 Å². The number of methoxy groups -OCH3 is 1. The Morgan fingerprint density at radius 3 is 2.40 bits per heavy atom. The molecule has 0 atom stereocenters. The van der Waals surface area contributed by atoms with Crippen LogP contribution in [-0.2, 0) is 16.1 Å². The molecule has 12 heteroatoms. The number of carboxylic acid groups (broad SMARTS) is 2. The Hall–Kier alpha value is -2.76. The minimum Gasteiger partial charge on any atom is -0.481 e. The number of aromatic nitrogens is 3. The second-order valence-electron chi connectivity index (χ2n) is 4.36. The summed E-state index contributed by atoms with van der Waals surface area (Å²) in [6, 6.07) is 3.71. The van der Waals surface area contributed by atoms with E-state index in [0.717, 1.165) is 10.4 Å². The Morgan fingerprint density at radius 1 is 1.36 bits per heavy atom. The van der Waals surface area contributed by atoms with Gasteiger partial charge in [-0.25, -0.2) is 4.79 Å². The van der Waals surface area contributed by atoms with Crippen LogP contribution in [0.5, 0.6) is 5.88 Å². The van der Waals surface area contributed by atoms with Crippen LogP contribution < -0.4 is 9.42 Å². The molecule has 0 spiro atoms. The molecule has 0 aliphatic heterocycles. The number of ether oxygens (including phenoxy) is 1. The van der Waals surface area contributed by atoms with Crippen molar-refractivity contribution in [3.63, 3.8) is 0 Å².